The number of nitrogens with one attached hydrogen (secondary N) is 2. The molecule has 1 fully saturated rings. The Balaban J connectivity index is 1.23. The van der Waals surface area contributed by atoms with Crippen LogP contribution in [0.5, 0.6) is 11.5 Å². The Morgan fingerprint density at radius 2 is 1.31 bits per heavy atom. The number of aryl methyl sites for hydroxylation is 4. The van der Waals surface area contributed by atoms with Gasteiger partial charge in [-0.2, -0.15) is 10.2 Å². The van der Waals surface area contributed by atoms with E-state index in [0.29, 0.717) is 65.5 Å². The van der Waals surface area contributed by atoms with Gasteiger partial charge in [0.25, 0.3) is 11.8 Å². The Labute approximate surface area is 384 Å². The van der Waals surface area contributed by atoms with Crippen LogP contribution in [0.25, 0.3) is 22.1 Å². The van der Waals surface area contributed by atoms with Crippen molar-refractivity contribution in [3.8, 4) is 23.3 Å². The molecule has 7 rings (SSSR count). The molecule has 1 aliphatic heterocycles. The number of aromatic carboxylic acids is 1. The van der Waals surface area contributed by atoms with Gasteiger partial charge >= 0.3 is 12.1 Å². The summed E-state index contributed by atoms with van der Waals surface area (Å²) in [5.41, 5.74) is 8.50. The second kappa shape index (κ2) is 19.1. The number of amides is 4. The molecule has 0 saturated carbocycles. The molecule has 21 heteroatoms. The summed E-state index contributed by atoms with van der Waals surface area (Å²) >= 11 is 0. The number of ether oxygens (including phenoxy) is 3. The molecule has 0 spiro atoms. The first-order valence-corrected chi connectivity index (χ1v) is 21.5. The maximum atomic E-state index is 13.8. The molecule has 2 aromatic carbocycles. The summed E-state index contributed by atoms with van der Waals surface area (Å²) in [5, 5.41) is 24.4. The molecule has 4 aromatic heterocycles. The zero-order valence-corrected chi connectivity index (χ0v) is 38.5. The monoisotopic (exact) mass is 916 g/mol. The number of methoxy groups -OCH3 is 1. The third-order valence-corrected chi connectivity index (χ3v) is 10.6. The van der Waals surface area contributed by atoms with Crippen LogP contribution in [-0.4, -0.2) is 111 Å². The molecule has 21 nitrogen and oxygen atoms in total. The summed E-state index contributed by atoms with van der Waals surface area (Å²) in [6, 6.07) is 9.08. The minimum atomic E-state index is -1.18. The molecule has 0 atom stereocenters. The van der Waals surface area contributed by atoms with Crippen LogP contribution in [0.3, 0.4) is 0 Å². The zero-order valence-electron chi connectivity index (χ0n) is 38.5. The lowest BCUT2D eigenvalue weighted by Gasteiger charge is -2.37. The Kier molecular flexibility index (Phi) is 13.4. The molecule has 5 N–H and O–H groups in total. The van der Waals surface area contributed by atoms with Crippen molar-refractivity contribution < 1.29 is 43.3 Å². The van der Waals surface area contributed by atoms with E-state index in [4.69, 9.17) is 24.9 Å². The lowest BCUT2D eigenvalue weighted by Crippen LogP contribution is -2.51. The topological polar surface area (TPSA) is 258 Å². The van der Waals surface area contributed by atoms with Gasteiger partial charge in [-0.3, -0.25) is 34.4 Å². The van der Waals surface area contributed by atoms with Gasteiger partial charge in [-0.1, -0.05) is 24.0 Å². The number of hydrogen-bond donors (Lipinski definition) is 4. The predicted molar refractivity (Wildman–Crippen MR) is 246 cm³/mol. The zero-order chi connectivity index (χ0) is 48.3. The number of primary amides is 1. The number of hydrogen-bond acceptors (Lipinski definition) is 12. The average molecular weight is 917 g/mol. The second-order valence-corrected chi connectivity index (χ2v) is 16.7. The molecular weight excluding hydrogens is 865 g/mol. The van der Waals surface area contributed by atoms with Crippen LogP contribution in [0.4, 0.5) is 16.7 Å². The van der Waals surface area contributed by atoms with E-state index < -0.39 is 35.4 Å². The van der Waals surface area contributed by atoms with E-state index in [0.717, 1.165) is 0 Å². The van der Waals surface area contributed by atoms with Crippen LogP contribution in [0.15, 0.2) is 48.6 Å². The summed E-state index contributed by atoms with van der Waals surface area (Å²) in [6.45, 7) is 14.5. The molecule has 0 unspecified atom stereocenters. The van der Waals surface area contributed by atoms with Gasteiger partial charge in [0.1, 0.15) is 46.1 Å². The van der Waals surface area contributed by atoms with E-state index in [1.54, 1.807) is 82.3 Å². The Morgan fingerprint density at radius 1 is 0.806 bits per heavy atom. The van der Waals surface area contributed by atoms with Gasteiger partial charge in [0.15, 0.2) is 0 Å². The number of carbonyl (C=O) groups is 5. The number of aromatic nitrogens is 8. The largest absolute Gasteiger partial charge is 0.494 e. The number of imidazole rings is 2. The summed E-state index contributed by atoms with van der Waals surface area (Å²) < 4.78 is 23.8. The highest BCUT2D eigenvalue weighted by molar-refractivity contribution is 6.05. The Morgan fingerprint density at radius 3 is 1.79 bits per heavy atom. The van der Waals surface area contributed by atoms with E-state index in [1.165, 1.54) is 31.4 Å². The van der Waals surface area contributed by atoms with Crippen LogP contribution in [0.2, 0.25) is 0 Å². The molecule has 1 aliphatic rings. The predicted octanol–water partition coefficient (Wildman–Crippen LogP) is 5.25. The minimum Gasteiger partial charge on any atom is -0.494 e. The summed E-state index contributed by atoms with van der Waals surface area (Å²) in [7, 11) is 1.41. The summed E-state index contributed by atoms with van der Waals surface area (Å²) in [6.07, 6.45) is 3.18. The minimum absolute atomic E-state index is 0.0582. The van der Waals surface area contributed by atoms with Crippen LogP contribution < -0.4 is 25.8 Å². The van der Waals surface area contributed by atoms with Crippen molar-refractivity contribution in [2.24, 2.45) is 11.7 Å². The fourth-order valence-corrected chi connectivity index (χ4v) is 7.51. The highest BCUT2D eigenvalue weighted by Crippen LogP contribution is 2.33. The van der Waals surface area contributed by atoms with Crippen molar-refractivity contribution in [3.63, 3.8) is 0 Å². The molecule has 0 radical (unpaired) electrons. The number of anilines is 2. The quantitative estimate of drug-likeness (QED) is 0.0759. The van der Waals surface area contributed by atoms with Gasteiger partial charge < -0.3 is 39.1 Å². The Hall–Kier alpha value is -8.15. The maximum Gasteiger partial charge on any atom is 0.410 e. The number of allylic oxidation sites excluding steroid dienone is 2. The summed E-state index contributed by atoms with van der Waals surface area (Å²) in [5.74, 6) is 3.84. The van der Waals surface area contributed by atoms with Gasteiger partial charge in [-0.25, -0.2) is 19.6 Å². The first-order valence-electron chi connectivity index (χ1n) is 21.5. The molecule has 5 heterocycles. The lowest BCUT2D eigenvalue weighted by molar-refractivity contribution is 0.00586. The second-order valence-electron chi connectivity index (χ2n) is 16.7. The number of likely N-dealkylation sites (tertiary alicyclic amines) is 1. The van der Waals surface area contributed by atoms with Crippen molar-refractivity contribution in [1.29, 1.82) is 0 Å². The van der Waals surface area contributed by atoms with E-state index >= 15 is 0 Å². The first kappa shape index (κ1) is 46.8. The third kappa shape index (κ3) is 10.2. The Bertz CT molecular complexity index is 3020. The van der Waals surface area contributed by atoms with Gasteiger partial charge in [-0.15, -0.1) is 0 Å². The smallest absolute Gasteiger partial charge is 0.410 e. The van der Waals surface area contributed by atoms with E-state index in [1.807, 2.05) is 13.8 Å². The van der Waals surface area contributed by atoms with Gasteiger partial charge in [0.05, 0.1) is 41.0 Å². The highest BCUT2D eigenvalue weighted by atomic mass is 16.6. The van der Waals surface area contributed by atoms with E-state index in [2.05, 4.69) is 37.7 Å². The third-order valence-electron chi connectivity index (χ3n) is 10.6. The maximum absolute atomic E-state index is 13.8. The number of rotatable bonds is 15. The number of nitrogens with zero attached hydrogens (tertiary/aromatic N) is 9. The standard InChI is InChI=1S/C46H52N12O9/c1-9-57-33(18-26(3)52-57)40(60)50-43-49-32-21-30(42(62)63)23-35(65-8)37(32)55(43)15-11-12-16-56-38-31(48-44(56)51-41(61)34-19-27(4)53-58(34)10-2)20-29(39(47)59)22-36(38)66-17-13-14-28-24-54(25-28)45(64)67-46(5,6)7/h11-12,18-23,28H,9-10,15-17,24-25H2,1-8H3,(H2,47,59)(H,62,63)(H,48,51,61)(H,49,50,60)/b12-11+. The molecule has 67 heavy (non-hydrogen) atoms. The van der Waals surface area contributed by atoms with Crippen LogP contribution in [-0.2, 0) is 30.9 Å². The lowest BCUT2D eigenvalue weighted by atomic mass is 10.0. The fraction of sp³-hybridized carbons (Fsp3) is 0.370. The van der Waals surface area contributed by atoms with Gasteiger partial charge in [0.2, 0.25) is 17.8 Å². The van der Waals surface area contributed by atoms with Crippen molar-refractivity contribution in [2.75, 3.05) is 37.4 Å². The molecule has 0 bridgehead atoms. The van der Waals surface area contributed by atoms with Crippen LogP contribution in [0.1, 0.15) is 87.7 Å². The number of carboxylic acid groups (broad SMARTS) is 1. The number of benzene rings is 2. The van der Waals surface area contributed by atoms with Crippen molar-refractivity contribution in [1.82, 2.24) is 43.6 Å². The fourth-order valence-electron chi connectivity index (χ4n) is 7.51. The van der Waals surface area contributed by atoms with Crippen molar-refractivity contribution >= 4 is 63.7 Å². The molecular formula is C46H52N12O9. The molecule has 1 saturated heterocycles. The molecule has 4 amide bonds. The SMILES string of the molecule is CCn1nc(C)cc1C(=O)Nc1nc2cc(C(=O)O)cc(OC)c2n1C/C=C/Cn1c(NC(=O)c2cc(C)nn2CC)nc2cc(C(N)=O)cc(OCC#CC3CN(C(=O)OC(C)(C)C)C3)c21. The van der Waals surface area contributed by atoms with E-state index in [9.17, 15) is 29.1 Å². The number of fused-ring (bicyclic) bond motifs is 2. The van der Waals surface area contributed by atoms with Crippen LogP contribution >= 0.6 is 0 Å². The highest BCUT2D eigenvalue weighted by Gasteiger charge is 2.33. The van der Waals surface area contributed by atoms with Crippen molar-refractivity contribution in [2.45, 2.75) is 80.2 Å². The van der Waals surface area contributed by atoms with Crippen LogP contribution in [0, 0.1) is 31.6 Å². The first-order chi connectivity index (χ1) is 31.9. The number of carboxylic acids is 1. The average Bonchev–Trinajstić information content (AvgIpc) is 4.02. The van der Waals surface area contributed by atoms with Gasteiger partial charge in [-0.05, 0) is 84.9 Å². The normalized spacial score (nSPS) is 12.8. The van der Waals surface area contributed by atoms with Gasteiger partial charge in [0, 0.05) is 44.8 Å². The van der Waals surface area contributed by atoms with E-state index in [-0.39, 0.29) is 65.7 Å². The number of carbonyl (C=O) groups excluding carboxylic acids is 4. The van der Waals surface area contributed by atoms with Crippen molar-refractivity contribution in [3.05, 3.63) is 82.5 Å². The number of nitrogens with two attached hydrogens (primary N) is 1. The summed E-state index contributed by atoms with van der Waals surface area (Å²) in [4.78, 5) is 75.5. The molecule has 350 valence electrons. The molecule has 6 aromatic rings. The molecule has 0 aliphatic carbocycles.